The maximum Gasteiger partial charge on any atom is 0.263 e. The van der Waals surface area contributed by atoms with Crippen LogP contribution in [0.5, 0.6) is 0 Å². The van der Waals surface area contributed by atoms with Gasteiger partial charge in [-0.15, -0.1) is 0 Å². The summed E-state index contributed by atoms with van der Waals surface area (Å²) in [5.74, 6) is -0.558. The fraction of sp³-hybridized carbons (Fsp3) is 0.0500. The zero-order chi connectivity index (χ0) is 21.2. The van der Waals surface area contributed by atoms with Crippen molar-refractivity contribution < 1.29 is 13.2 Å². The molecule has 1 amide bonds. The van der Waals surface area contributed by atoms with Crippen LogP contribution in [0.4, 0.5) is 11.4 Å². The molecule has 29 heavy (non-hydrogen) atoms. The summed E-state index contributed by atoms with van der Waals surface area (Å²) in [4.78, 5) is 12.4. The average Bonchev–Trinajstić information content (AvgIpc) is 2.65. The van der Waals surface area contributed by atoms with E-state index in [4.69, 9.17) is 34.8 Å². The van der Waals surface area contributed by atoms with E-state index in [-0.39, 0.29) is 25.5 Å². The lowest BCUT2D eigenvalue weighted by molar-refractivity contribution is 0.102. The quantitative estimate of drug-likeness (QED) is 0.480. The van der Waals surface area contributed by atoms with E-state index < -0.39 is 15.9 Å². The van der Waals surface area contributed by atoms with Crippen molar-refractivity contribution in [3.8, 4) is 0 Å². The molecule has 0 atom stereocenters. The van der Waals surface area contributed by atoms with Crippen LogP contribution in [0, 0.1) is 6.92 Å². The van der Waals surface area contributed by atoms with Crippen molar-refractivity contribution in [2.24, 2.45) is 0 Å². The number of nitrogens with one attached hydrogen (secondary N) is 2. The van der Waals surface area contributed by atoms with Gasteiger partial charge < -0.3 is 5.32 Å². The van der Waals surface area contributed by atoms with E-state index >= 15 is 0 Å². The van der Waals surface area contributed by atoms with Crippen molar-refractivity contribution in [1.29, 1.82) is 0 Å². The molecule has 0 radical (unpaired) electrons. The molecule has 0 saturated heterocycles. The maximum atomic E-state index is 12.8. The molecule has 0 fully saturated rings. The van der Waals surface area contributed by atoms with E-state index in [0.717, 1.165) is 5.56 Å². The van der Waals surface area contributed by atoms with Gasteiger partial charge in [0.25, 0.3) is 15.9 Å². The molecule has 0 heterocycles. The molecule has 0 bridgehead atoms. The van der Waals surface area contributed by atoms with Gasteiger partial charge in [-0.05, 0) is 55.0 Å². The Bertz CT molecular complexity index is 1200. The number of hydrogen-bond donors (Lipinski definition) is 2. The Kier molecular flexibility index (Phi) is 6.39. The molecule has 150 valence electrons. The first-order chi connectivity index (χ1) is 13.7. The molecule has 0 unspecified atom stereocenters. The number of carbonyl (C=O) groups excluding carboxylic acids is 1. The van der Waals surface area contributed by atoms with Crippen LogP contribution < -0.4 is 10.0 Å². The van der Waals surface area contributed by atoms with Gasteiger partial charge in [0.1, 0.15) is 4.90 Å². The van der Waals surface area contributed by atoms with Crippen LogP contribution in [0.3, 0.4) is 0 Å². The highest BCUT2D eigenvalue weighted by Gasteiger charge is 2.21. The molecule has 3 aromatic rings. The number of halogens is 3. The van der Waals surface area contributed by atoms with Gasteiger partial charge in [0.05, 0.1) is 20.8 Å². The summed E-state index contributed by atoms with van der Waals surface area (Å²) in [5, 5.41) is 3.07. The van der Waals surface area contributed by atoms with Crippen molar-refractivity contribution in [3.63, 3.8) is 0 Å². The second-order valence-electron chi connectivity index (χ2n) is 6.18. The van der Waals surface area contributed by atoms with E-state index in [1.165, 1.54) is 18.2 Å². The van der Waals surface area contributed by atoms with E-state index in [1.807, 2.05) is 13.0 Å². The fourth-order valence-electron chi connectivity index (χ4n) is 2.56. The molecular formula is C20H15Cl3N2O3S. The number of sulfonamides is 1. The SMILES string of the molecule is Cc1cccc(NS(=O)(=O)c2cc(C(=O)Nc3cccc(Cl)c3Cl)ccc2Cl)c1. The second-order valence-corrected chi connectivity index (χ2v) is 9.02. The topological polar surface area (TPSA) is 75.3 Å². The number of hydrogen-bond acceptors (Lipinski definition) is 3. The normalized spacial score (nSPS) is 11.2. The zero-order valence-electron chi connectivity index (χ0n) is 15.0. The Morgan fingerprint density at radius 1 is 0.897 bits per heavy atom. The van der Waals surface area contributed by atoms with E-state index in [2.05, 4.69) is 10.0 Å². The molecule has 0 aliphatic heterocycles. The van der Waals surface area contributed by atoms with Gasteiger partial charge in [-0.1, -0.05) is 53.0 Å². The Morgan fingerprint density at radius 3 is 2.34 bits per heavy atom. The molecule has 0 saturated carbocycles. The maximum absolute atomic E-state index is 12.8. The van der Waals surface area contributed by atoms with Crippen molar-refractivity contribution in [2.75, 3.05) is 10.0 Å². The summed E-state index contributed by atoms with van der Waals surface area (Å²) in [5.41, 5.74) is 1.68. The highest BCUT2D eigenvalue weighted by molar-refractivity contribution is 7.92. The summed E-state index contributed by atoms with van der Waals surface area (Å²) in [6.07, 6.45) is 0. The van der Waals surface area contributed by atoms with E-state index in [9.17, 15) is 13.2 Å². The first-order valence-corrected chi connectivity index (χ1v) is 10.9. The number of amides is 1. The third kappa shape index (κ3) is 5.03. The predicted octanol–water partition coefficient (Wildman–Crippen LogP) is 6.01. The standard InChI is InChI=1S/C20H15Cl3N2O3S/c1-12-4-2-5-14(10-12)25-29(27,28)18-11-13(8-9-15(18)21)20(26)24-17-7-3-6-16(22)19(17)23/h2-11,25H,1H3,(H,24,26). The highest BCUT2D eigenvalue weighted by Crippen LogP contribution is 2.30. The Labute approximate surface area is 183 Å². The third-order valence-electron chi connectivity index (χ3n) is 3.95. The van der Waals surface area contributed by atoms with E-state index in [1.54, 1.807) is 36.4 Å². The van der Waals surface area contributed by atoms with Crippen LogP contribution >= 0.6 is 34.8 Å². The van der Waals surface area contributed by atoms with E-state index in [0.29, 0.717) is 11.4 Å². The van der Waals surface area contributed by atoms with Crippen molar-refractivity contribution in [3.05, 3.63) is 86.9 Å². The van der Waals surface area contributed by atoms with Gasteiger partial charge in [-0.2, -0.15) is 0 Å². The molecule has 0 aliphatic rings. The number of carbonyl (C=O) groups is 1. The summed E-state index contributed by atoms with van der Waals surface area (Å²) in [6.45, 7) is 1.84. The van der Waals surface area contributed by atoms with Crippen LogP contribution in [-0.2, 0) is 10.0 Å². The minimum atomic E-state index is -4.01. The smallest absolute Gasteiger partial charge is 0.263 e. The van der Waals surface area contributed by atoms with Crippen LogP contribution in [-0.4, -0.2) is 14.3 Å². The van der Waals surface area contributed by atoms with Crippen LogP contribution in [0.25, 0.3) is 0 Å². The molecule has 0 spiro atoms. The zero-order valence-corrected chi connectivity index (χ0v) is 18.1. The number of aryl methyl sites for hydroxylation is 1. The molecular weight excluding hydrogens is 455 g/mol. The first kappa shape index (κ1) is 21.5. The molecule has 3 aromatic carbocycles. The number of rotatable bonds is 5. The molecule has 2 N–H and O–H groups in total. The third-order valence-corrected chi connectivity index (χ3v) is 6.63. The average molecular weight is 470 g/mol. The highest BCUT2D eigenvalue weighted by atomic mass is 35.5. The van der Waals surface area contributed by atoms with Gasteiger partial charge in [-0.25, -0.2) is 8.42 Å². The van der Waals surface area contributed by atoms with Crippen LogP contribution in [0.2, 0.25) is 15.1 Å². The molecule has 9 heteroatoms. The minimum Gasteiger partial charge on any atom is -0.321 e. The fourth-order valence-corrected chi connectivity index (χ4v) is 4.49. The van der Waals surface area contributed by atoms with Gasteiger partial charge in [0.2, 0.25) is 0 Å². The minimum absolute atomic E-state index is 0.0116. The van der Waals surface area contributed by atoms with Gasteiger partial charge in [0.15, 0.2) is 0 Å². The van der Waals surface area contributed by atoms with Gasteiger partial charge >= 0.3 is 0 Å². The summed E-state index contributed by atoms with van der Waals surface area (Å²) >= 11 is 18.1. The number of benzene rings is 3. The molecule has 5 nitrogen and oxygen atoms in total. The van der Waals surface area contributed by atoms with Crippen molar-refractivity contribution >= 4 is 62.1 Å². The predicted molar refractivity (Wildman–Crippen MR) is 118 cm³/mol. The van der Waals surface area contributed by atoms with Crippen LogP contribution in [0.15, 0.2) is 65.6 Å². The largest absolute Gasteiger partial charge is 0.321 e. The van der Waals surface area contributed by atoms with Crippen molar-refractivity contribution in [2.45, 2.75) is 11.8 Å². The first-order valence-electron chi connectivity index (χ1n) is 8.32. The Balaban J connectivity index is 1.91. The van der Waals surface area contributed by atoms with Gasteiger partial charge in [-0.3, -0.25) is 9.52 Å². The second kappa shape index (κ2) is 8.63. The molecule has 0 aromatic heterocycles. The molecule has 3 rings (SSSR count). The van der Waals surface area contributed by atoms with Crippen LogP contribution in [0.1, 0.15) is 15.9 Å². The lowest BCUT2D eigenvalue weighted by Gasteiger charge is -2.12. The summed E-state index contributed by atoms with van der Waals surface area (Å²) in [7, 11) is -4.01. The van der Waals surface area contributed by atoms with Gasteiger partial charge in [0, 0.05) is 11.3 Å². The summed E-state index contributed by atoms with van der Waals surface area (Å²) < 4.78 is 28.1. The lowest BCUT2D eigenvalue weighted by Crippen LogP contribution is -2.16. The monoisotopic (exact) mass is 468 g/mol. The van der Waals surface area contributed by atoms with Crippen molar-refractivity contribution in [1.82, 2.24) is 0 Å². The molecule has 0 aliphatic carbocycles. The number of anilines is 2. The Morgan fingerprint density at radius 2 is 1.62 bits per heavy atom. The summed E-state index contributed by atoms with van der Waals surface area (Å²) in [6, 6.07) is 15.6. The lowest BCUT2D eigenvalue weighted by atomic mass is 10.2. The Hall–Kier alpha value is -2.25.